The van der Waals surface area contributed by atoms with Gasteiger partial charge in [-0.2, -0.15) is 0 Å². The van der Waals surface area contributed by atoms with Gasteiger partial charge >= 0.3 is 5.97 Å². The lowest BCUT2D eigenvalue weighted by atomic mass is 9.81. The summed E-state index contributed by atoms with van der Waals surface area (Å²) in [6.07, 6.45) is 3.13. The molecule has 0 unspecified atom stereocenters. The van der Waals surface area contributed by atoms with Crippen LogP contribution in [0.1, 0.15) is 40.7 Å². The summed E-state index contributed by atoms with van der Waals surface area (Å²) in [6.45, 7) is 3.88. The molecule has 3 aliphatic rings. The summed E-state index contributed by atoms with van der Waals surface area (Å²) >= 11 is 0. The second-order valence-corrected chi connectivity index (χ2v) is 8.53. The zero-order valence-corrected chi connectivity index (χ0v) is 16.6. The Labute approximate surface area is 169 Å². The van der Waals surface area contributed by atoms with Crippen LogP contribution in [0.4, 0.5) is 5.69 Å². The Kier molecular flexibility index (Phi) is 4.09. The van der Waals surface area contributed by atoms with Crippen molar-refractivity contribution in [2.45, 2.75) is 33.1 Å². The topological polar surface area (TPSA) is 63.7 Å². The van der Waals surface area contributed by atoms with E-state index in [1.165, 1.54) is 4.90 Å². The molecule has 2 aliphatic carbocycles. The highest BCUT2D eigenvalue weighted by Crippen LogP contribution is 2.56. The minimum atomic E-state index is -0.459. The molecule has 2 bridgehead atoms. The van der Waals surface area contributed by atoms with Gasteiger partial charge in [0.1, 0.15) is 5.75 Å². The molecule has 5 nitrogen and oxygen atoms in total. The molecule has 1 aliphatic heterocycles. The third-order valence-corrected chi connectivity index (χ3v) is 7.05. The van der Waals surface area contributed by atoms with Gasteiger partial charge in [-0.15, -0.1) is 0 Å². The van der Waals surface area contributed by atoms with Gasteiger partial charge in [-0.05, 0) is 86.4 Å². The zero-order valence-electron chi connectivity index (χ0n) is 16.6. The van der Waals surface area contributed by atoms with Crippen LogP contribution in [0.2, 0.25) is 0 Å². The van der Waals surface area contributed by atoms with Crippen molar-refractivity contribution >= 4 is 23.5 Å². The Hall–Kier alpha value is -2.95. The van der Waals surface area contributed by atoms with Crippen molar-refractivity contribution in [1.82, 2.24) is 0 Å². The lowest BCUT2D eigenvalue weighted by Gasteiger charge is -2.19. The van der Waals surface area contributed by atoms with E-state index in [2.05, 4.69) is 0 Å². The van der Waals surface area contributed by atoms with E-state index in [-0.39, 0.29) is 23.7 Å². The molecule has 0 radical (unpaired) electrons. The van der Waals surface area contributed by atoms with Gasteiger partial charge in [-0.1, -0.05) is 12.1 Å². The van der Waals surface area contributed by atoms with E-state index in [9.17, 15) is 14.4 Å². The molecular formula is C24H23NO4. The minimum absolute atomic E-state index is 0.0714. The van der Waals surface area contributed by atoms with Crippen LogP contribution in [0.25, 0.3) is 0 Å². The van der Waals surface area contributed by atoms with Gasteiger partial charge in [0.25, 0.3) is 0 Å². The van der Waals surface area contributed by atoms with E-state index in [1.54, 1.807) is 30.3 Å². The number of imide groups is 1. The molecule has 148 valence electrons. The normalized spacial score (nSPS) is 27.4. The average molecular weight is 389 g/mol. The minimum Gasteiger partial charge on any atom is -0.423 e. The summed E-state index contributed by atoms with van der Waals surface area (Å²) in [5.41, 5.74) is 2.90. The molecule has 4 atom stereocenters. The number of rotatable bonds is 3. The fourth-order valence-corrected chi connectivity index (χ4v) is 5.40. The molecular weight excluding hydrogens is 366 g/mol. The summed E-state index contributed by atoms with van der Waals surface area (Å²) in [7, 11) is 0. The molecule has 5 heteroatoms. The van der Waals surface area contributed by atoms with Crippen molar-refractivity contribution in [1.29, 1.82) is 0 Å². The van der Waals surface area contributed by atoms with Crippen LogP contribution in [0.5, 0.6) is 5.75 Å². The van der Waals surface area contributed by atoms with Gasteiger partial charge in [-0.25, -0.2) is 4.79 Å². The Morgan fingerprint density at radius 1 is 0.931 bits per heavy atom. The number of carbonyl (C=O) groups is 3. The number of ether oxygens (including phenoxy) is 1. The Morgan fingerprint density at radius 3 is 2.17 bits per heavy atom. The molecule has 29 heavy (non-hydrogen) atoms. The standard InChI is InChI=1S/C24H23NO4/c1-13-4-3-5-19(14(13)2)29-24(28)15-8-10-18(11-9-15)25-22(26)20-16-6-7-17(12-16)21(20)23(25)27/h3-5,8-11,16-17,20-21H,6-7,12H2,1-2H3/t16-,17+,20+,21-. The molecule has 0 spiro atoms. The number of nitrogens with zero attached hydrogens (tertiary/aromatic N) is 1. The number of anilines is 1. The maximum atomic E-state index is 12.9. The second kappa shape index (κ2) is 6.55. The zero-order chi connectivity index (χ0) is 20.3. The van der Waals surface area contributed by atoms with Crippen LogP contribution in [-0.2, 0) is 9.59 Å². The maximum Gasteiger partial charge on any atom is 0.343 e. The van der Waals surface area contributed by atoms with Crippen molar-refractivity contribution in [3.8, 4) is 5.75 Å². The lowest BCUT2D eigenvalue weighted by Crippen LogP contribution is -2.32. The molecule has 0 N–H and O–H groups in total. The van der Waals surface area contributed by atoms with Crippen molar-refractivity contribution in [2.24, 2.45) is 23.7 Å². The van der Waals surface area contributed by atoms with Crippen molar-refractivity contribution < 1.29 is 19.1 Å². The van der Waals surface area contributed by atoms with Crippen LogP contribution < -0.4 is 9.64 Å². The van der Waals surface area contributed by atoms with Crippen molar-refractivity contribution in [3.05, 3.63) is 59.2 Å². The van der Waals surface area contributed by atoms with Gasteiger partial charge in [0, 0.05) is 0 Å². The molecule has 0 aromatic heterocycles. The van der Waals surface area contributed by atoms with Crippen LogP contribution in [-0.4, -0.2) is 17.8 Å². The van der Waals surface area contributed by atoms with Crippen molar-refractivity contribution in [2.75, 3.05) is 4.90 Å². The molecule has 3 fully saturated rings. The third kappa shape index (κ3) is 2.71. The summed E-state index contributed by atoms with van der Waals surface area (Å²) in [5.74, 6) is 0.365. The smallest absolute Gasteiger partial charge is 0.343 e. The molecule has 2 saturated carbocycles. The maximum absolute atomic E-state index is 12.9. The van der Waals surface area contributed by atoms with Gasteiger partial charge in [-0.3, -0.25) is 14.5 Å². The Bertz CT molecular complexity index is 998. The summed E-state index contributed by atoms with van der Waals surface area (Å²) in [4.78, 5) is 39.7. The SMILES string of the molecule is Cc1cccc(OC(=O)c2ccc(N3C(=O)[C@@H]4[C@H]5CC[C@H](C5)[C@@H]4C3=O)cc2)c1C. The predicted molar refractivity (Wildman–Crippen MR) is 108 cm³/mol. The first-order chi connectivity index (χ1) is 14.0. The molecule has 2 aromatic carbocycles. The highest BCUT2D eigenvalue weighted by atomic mass is 16.5. The van der Waals surface area contributed by atoms with Crippen LogP contribution in [0.3, 0.4) is 0 Å². The fraction of sp³-hybridized carbons (Fsp3) is 0.375. The number of hydrogen-bond donors (Lipinski definition) is 0. The van der Waals surface area contributed by atoms with E-state index in [1.807, 2.05) is 26.0 Å². The highest BCUT2D eigenvalue weighted by Gasteiger charge is 2.61. The lowest BCUT2D eigenvalue weighted by molar-refractivity contribution is -0.123. The largest absolute Gasteiger partial charge is 0.423 e. The first kappa shape index (κ1) is 18.1. The summed E-state index contributed by atoms with van der Waals surface area (Å²) < 4.78 is 5.53. The number of amides is 2. The van der Waals surface area contributed by atoms with Gasteiger partial charge in [0.05, 0.1) is 23.1 Å². The predicted octanol–water partition coefficient (Wildman–Crippen LogP) is 4.06. The van der Waals surface area contributed by atoms with Crippen LogP contribution >= 0.6 is 0 Å². The molecule has 2 amide bonds. The fourth-order valence-electron chi connectivity index (χ4n) is 5.40. The summed E-state index contributed by atoms with van der Waals surface area (Å²) in [6, 6.07) is 12.1. The second-order valence-electron chi connectivity index (χ2n) is 8.53. The quantitative estimate of drug-likeness (QED) is 0.451. The molecule has 1 saturated heterocycles. The van der Waals surface area contributed by atoms with Crippen LogP contribution in [0.15, 0.2) is 42.5 Å². The van der Waals surface area contributed by atoms with E-state index in [4.69, 9.17) is 4.74 Å². The number of esters is 1. The first-order valence-electron chi connectivity index (χ1n) is 10.2. The van der Waals surface area contributed by atoms with E-state index in [0.29, 0.717) is 28.8 Å². The monoisotopic (exact) mass is 389 g/mol. The Morgan fingerprint density at radius 2 is 1.55 bits per heavy atom. The highest BCUT2D eigenvalue weighted by molar-refractivity contribution is 6.22. The molecule has 5 rings (SSSR count). The van der Waals surface area contributed by atoms with E-state index >= 15 is 0 Å². The first-order valence-corrected chi connectivity index (χ1v) is 10.2. The molecule has 2 aromatic rings. The van der Waals surface area contributed by atoms with Crippen molar-refractivity contribution in [3.63, 3.8) is 0 Å². The number of fused-ring (bicyclic) bond motifs is 5. The number of carbonyl (C=O) groups excluding carboxylic acids is 3. The third-order valence-electron chi connectivity index (χ3n) is 7.05. The van der Waals surface area contributed by atoms with E-state index < -0.39 is 5.97 Å². The number of benzene rings is 2. The molecule has 1 heterocycles. The summed E-state index contributed by atoms with van der Waals surface area (Å²) in [5, 5.41) is 0. The van der Waals surface area contributed by atoms with Crippen LogP contribution in [0, 0.1) is 37.5 Å². The van der Waals surface area contributed by atoms with E-state index in [0.717, 1.165) is 30.4 Å². The number of aryl methyl sites for hydroxylation is 1. The van der Waals surface area contributed by atoms with Gasteiger partial charge in [0.2, 0.25) is 11.8 Å². The average Bonchev–Trinajstić information content (AvgIpc) is 3.39. The Balaban J connectivity index is 1.35. The number of hydrogen-bond acceptors (Lipinski definition) is 4. The van der Waals surface area contributed by atoms with Gasteiger partial charge in [0.15, 0.2) is 0 Å². The van der Waals surface area contributed by atoms with Gasteiger partial charge < -0.3 is 4.74 Å².